The number of hydrogen-bond donors (Lipinski definition) is 1. The van der Waals surface area contributed by atoms with Crippen LogP contribution in [0.3, 0.4) is 0 Å². The maximum atomic E-state index is 5.12. The molecular weight excluding hydrogens is 124 g/mol. The summed E-state index contributed by atoms with van der Waals surface area (Å²) in [6.45, 7) is 6.38. The fourth-order valence-electron chi connectivity index (χ4n) is 0.407. The highest BCUT2D eigenvalue weighted by atomic mass is 14.8. The SMILES string of the molecule is CC(C)[C@@H](C)N=CC=CN. The zero-order valence-electron chi connectivity index (χ0n) is 6.91. The second-order valence-electron chi connectivity index (χ2n) is 2.67. The molecule has 2 nitrogen and oxygen atoms in total. The Hall–Kier alpha value is -0.790. The Bertz CT molecular complexity index is 125. The van der Waals surface area contributed by atoms with E-state index in [1.165, 1.54) is 6.20 Å². The van der Waals surface area contributed by atoms with Crippen LogP contribution in [0.5, 0.6) is 0 Å². The minimum Gasteiger partial charge on any atom is -0.405 e. The van der Waals surface area contributed by atoms with Crippen molar-refractivity contribution in [3.05, 3.63) is 12.3 Å². The molecule has 0 rings (SSSR count). The minimum atomic E-state index is 0.385. The molecular formula is C8H16N2. The van der Waals surface area contributed by atoms with Crippen LogP contribution in [0.25, 0.3) is 0 Å². The van der Waals surface area contributed by atoms with Gasteiger partial charge in [-0.25, -0.2) is 0 Å². The third-order valence-electron chi connectivity index (χ3n) is 1.48. The van der Waals surface area contributed by atoms with Crippen molar-refractivity contribution in [2.24, 2.45) is 16.6 Å². The number of rotatable bonds is 3. The highest BCUT2D eigenvalue weighted by Crippen LogP contribution is 2.03. The van der Waals surface area contributed by atoms with E-state index in [9.17, 15) is 0 Å². The van der Waals surface area contributed by atoms with Gasteiger partial charge in [0, 0.05) is 12.3 Å². The summed E-state index contributed by atoms with van der Waals surface area (Å²) in [5.41, 5.74) is 5.12. The molecule has 0 unspecified atom stereocenters. The van der Waals surface area contributed by atoms with Crippen LogP contribution in [-0.4, -0.2) is 12.3 Å². The van der Waals surface area contributed by atoms with E-state index >= 15 is 0 Å². The van der Waals surface area contributed by atoms with Gasteiger partial charge in [-0.05, 0) is 25.1 Å². The molecule has 0 aromatic carbocycles. The van der Waals surface area contributed by atoms with Crippen LogP contribution in [0.1, 0.15) is 20.8 Å². The Morgan fingerprint density at radius 1 is 1.30 bits per heavy atom. The standard InChI is InChI=1S/C8H16N2/c1-7(2)8(3)10-6-4-5-9/h4-8H,9H2,1-3H3/t8-/m1/s1. The maximum Gasteiger partial charge on any atom is 0.0494 e. The Morgan fingerprint density at radius 3 is 2.30 bits per heavy atom. The summed E-state index contributed by atoms with van der Waals surface area (Å²) in [5, 5.41) is 0. The Kier molecular flexibility index (Phi) is 4.63. The molecule has 0 aromatic rings. The van der Waals surface area contributed by atoms with Gasteiger partial charge in [0.15, 0.2) is 0 Å². The van der Waals surface area contributed by atoms with Crippen molar-refractivity contribution in [2.45, 2.75) is 26.8 Å². The van der Waals surface area contributed by atoms with Gasteiger partial charge in [0.1, 0.15) is 0 Å². The van der Waals surface area contributed by atoms with Crippen molar-refractivity contribution in [2.75, 3.05) is 0 Å². The van der Waals surface area contributed by atoms with Gasteiger partial charge in [-0.3, -0.25) is 4.99 Å². The van der Waals surface area contributed by atoms with Crippen molar-refractivity contribution in [1.29, 1.82) is 0 Å². The minimum absolute atomic E-state index is 0.385. The monoisotopic (exact) mass is 140 g/mol. The summed E-state index contributed by atoms with van der Waals surface area (Å²) in [4.78, 5) is 4.22. The molecule has 2 heteroatoms. The fraction of sp³-hybridized carbons (Fsp3) is 0.625. The number of allylic oxidation sites excluding steroid dienone is 1. The van der Waals surface area contributed by atoms with E-state index in [1.54, 1.807) is 12.3 Å². The van der Waals surface area contributed by atoms with Gasteiger partial charge in [-0.15, -0.1) is 0 Å². The van der Waals surface area contributed by atoms with Crippen LogP contribution in [0.4, 0.5) is 0 Å². The molecule has 0 amide bonds. The zero-order chi connectivity index (χ0) is 7.98. The molecule has 1 atom stereocenters. The molecule has 0 bridgehead atoms. The molecule has 0 aromatic heterocycles. The third-order valence-corrected chi connectivity index (χ3v) is 1.48. The fourth-order valence-corrected chi connectivity index (χ4v) is 0.407. The molecule has 0 saturated heterocycles. The Balaban J connectivity index is 3.66. The summed E-state index contributed by atoms with van der Waals surface area (Å²) >= 11 is 0. The summed E-state index contributed by atoms with van der Waals surface area (Å²) < 4.78 is 0. The highest BCUT2D eigenvalue weighted by molar-refractivity contribution is 5.70. The lowest BCUT2D eigenvalue weighted by molar-refractivity contribution is 0.533. The summed E-state index contributed by atoms with van der Waals surface area (Å²) in [6.07, 6.45) is 4.96. The predicted octanol–water partition coefficient (Wildman–Crippen LogP) is 1.57. The van der Waals surface area contributed by atoms with Gasteiger partial charge in [0.25, 0.3) is 0 Å². The van der Waals surface area contributed by atoms with Crippen LogP contribution in [-0.2, 0) is 0 Å². The second-order valence-corrected chi connectivity index (χ2v) is 2.67. The normalized spacial score (nSPS) is 15.6. The summed E-state index contributed by atoms with van der Waals surface area (Å²) in [5.74, 6) is 0.599. The van der Waals surface area contributed by atoms with Crippen molar-refractivity contribution >= 4 is 6.21 Å². The van der Waals surface area contributed by atoms with Gasteiger partial charge < -0.3 is 5.73 Å². The van der Waals surface area contributed by atoms with Gasteiger partial charge in [-0.2, -0.15) is 0 Å². The second kappa shape index (κ2) is 5.03. The van der Waals surface area contributed by atoms with Crippen molar-refractivity contribution < 1.29 is 0 Å². The van der Waals surface area contributed by atoms with Crippen LogP contribution < -0.4 is 5.73 Å². The Labute approximate surface area is 62.8 Å². The number of nitrogens with zero attached hydrogens (tertiary/aromatic N) is 1. The molecule has 2 N–H and O–H groups in total. The number of aliphatic imine (C=N–C) groups is 1. The van der Waals surface area contributed by atoms with Crippen LogP contribution in [0, 0.1) is 5.92 Å². The average molecular weight is 140 g/mol. The maximum absolute atomic E-state index is 5.12. The van der Waals surface area contributed by atoms with E-state index in [1.807, 2.05) is 0 Å². The predicted molar refractivity (Wildman–Crippen MR) is 46.1 cm³/mol. The molecule has 0 aliphatic carbocycles. The van der Waals surface area contributed by atoms with E-state index in [0.717, 1.165) is 0 Å². The third kappa shape index (κ3) is 4.13. The Morgan fingerprint density at radius 2 is 1.90 bits per heavy atom. The summed E-state index contributed by atoms with van der Waals surface area (Å²) in [6, 6.07) is 0.385. The van der Waals surface area contributed by atoms with Crippen LogP contribution in [0.2, 0.25) is 0 Å². The average Bonchev–Trinajstić information content (AvgIpc) is 1.88. The molecule has 0 fully saturated rings. The first-order valence-corrected chi connectivity index (χ1v) is 3.58. The van der Waals surface area contributed by atoms with Gasteiger partial charge >= 0.3 is 0 Å². The van der Waals surface area contributed by atoms with E-state index in [-0.39, 0.29) is 0 Å². The first-order valence-electron chi connectivity index (χ1n) is 3.58. The molecule has 0 heterocycles. The molecule has 10 heavy (non-hydrogen) atoms. The molecule has 0 aliphatic rings. The lowest BCUT2D eigenvalue weighted by atomic mass is 10.1. The zero-order valence-corrected chi connectivity index (χ0v) is 6.91. The largest absolute Gasteiger partial charge is 0.405 e. The highest BCUT2D eigenvalue weighted by Gasteiger charge is 2.01. The summed E-state index contributed by atoms with van der Waals surface area (Å²) in [7, 11) is 0. The molecule has 0 saturated carbocycles. The van der Waals surface area contributed by atoms with Crippen molar-refractivity contribution in [3.8, 4) is 0 Å². The molecule has 0 spiro atoms. The molecule has 0 aliphatic heterocycles. The van der Waals surface area contributed by atoms with Crippen LogP contribution in [0.15, 0.2) is 17.3 Å². The van der Waals surface area contributed by atoms with E-state index in [4.69, 9.17) is 5.73 Å². The lowest BCUT2D eigenvalue weighted by Crippen LogP contribution is -2.06. The number of hydrogen-bond acceptors (Lipinski definition) is 2. The smallest absolute Gasteiger partial charge is 0.0494 e. The van der Waals surface area contributed by atoms with E-state index in [0.29, 0.717) is 12.0 Å². The van der Waals surface area contributed by atoms with E-state index < -0.39 is 0 Å². The van der Waals surface area contributed by atoms with Gasteiger partial charge in [0.2, 0.25) is 0 Å². The first-order chi connectivity index (χ1) is 4.68. The molecule has 0 radical (unpaired) electrons. The van der Waals surface area contributed by atoms with E-state index in [2.05, 4.69) is 25.8 Å². The lowest BCUT2D eigenvalue weighted by Gasteiger charge is -2.07. The van der Waals surface area contributed by atoms with Gasteiger partial charge in [0.05, 0.1) is 0 Å². The van der Waals surface area contributed by atoms with Gasteiger partial charge in [-0.1, -0.05) is 13.8 Å². The molecule has 58 valence electrons. The quantitative estimate of drug-likeness (QED) is 0.594. The van der Waals surface area contributed by atoms with Crippen molar-refractivity contribution in [1.82, 2.24) is 0 Å². The number of nitrogens with two attached hydrogens (primary N) is 1. The van der Waals surface area contributed by atoms with Crippen molar-refractivity contribution in [3.63, 3.8) is 0 Å². The first kappa shape index (κ1) is 9.21. The topological polar surface area (TPSA) is 38.4 Å². The van der Waals surface area contributed by atoms with Crippen LogP contribution >= 0.6 is 0 Å².